The average molecular weight is 415 g/mol. The minimum absolute atomic E-state index is 0.0445. The molecule has 0 spiro atoms. The maximum absolute atomic E-state index is 11.4. The zero-order valence-electron chi connectivity index (χ0n) is 17.1. The molecule has 1 aliphatic rings. The Balaban J connectivity index is 1.74. The number of nitriles is 1. The summed E-state index contributed by atoms with van der Waals surface area (Å²) in [6.07, 6.45) is 1.60. The molecule has 0 amide bonds. The van der Waals surface area contributed by atoms with Crippen LogP contribution in [0.25, 0.3) is 11.3 Å². The number of nitrogens with one attached hydrogen (secondary N) is 2. The topological polar surface area (TPSA) is 131 Å². The number of carbonyl (C=O) groups is 1. The van der Waals surface area contributed by atoms with E-state index in [4.69, 9.17) is 0 Å². The average Bonchev–Trinajstić information content (AvgIpc) is 3.12. The number of hydrogen-bond donors (Lipinski definition) is 4. The van der Waals surface area contributed by atoms with Gasteiger partial charge in [-0.25, -0.2) is 14.8 Å². The van der Waals surface area contributed by atoms with Crippen LogP contribution in [0.1, 0.15) is 34.0 Å². The molecule has 0 bridgehead atoms. The Labute approximate surface area is 179 Å². The zero-order chi connectivity index (χ0) is 22.2. The molecule has 1 atom stereocenters. The van der Waals surface area contributed by atoms with E-state index in [1.165, 1.54) is 0 Å². The molecule has 8 heteroatoms. The van der Waals surface area contributed by atoms with E-state index in [1.54, 1.807) is 43.5 Å². The molecule has 1 aromatic heterocycles. The summed E-state index contributed by atoms with van der Waals surface area (Å²) in [6.45, 7) is 4.17. The van der Waals surface area contributed by atoms with Crippen molar-refractivity contribution in [3.05, 3.63) is 64.8 Å². The molecule has 0 saturated heterocycles. The van der Waals surface area contributed by atoms with Gasteiger partial charge in [0.05, 0.1) is 29.1 Å². The third-order valence-electron chi connectivity index (χ3n) is 5.68. The van der Waals surface area contributed by atoms with Crippen LogP contribution in [0.3, 0.4) is 0 Å². The first kappa shape index (κ1) is 20.3. The summed E-state index contributed by atoms with van der Waals surface area (Å²) in [5, 5.41) is 35.2. The number of carboxylic acid groups (broad SMARTS) is 1. The van der Waals surface area contributed by atoms with Crippen molar-refractivity contribution in [2.24, 2.45) is 0 Å². The second-order valence-electron chi connectivity index (χ2n) is 7.80. The quantitative estimate of drug-likeness (QED) is 0.498. The molecule has 2 aromatic carbocycles. The number of hydrogen-bond acceptors (Lipinski definition) is 7. The van der Waals surface area contributed by atoms with Crippen LogP contribution in [0, 0.1) is 18.3 Å². The first-order chi connectivity index (χ1) is 14.9. The Kier molecular flexibility index (Phi) is 5.05. The number of benzene rings is 2. The van der Waals surface area contributed by atoms with Crippen LogP contribution >= 0.6 is 0 Å². The van der Waals surface area contributed by atoms with Gasteiger partial charge in [-0.1, -0.05) is 13.0 Å². The van der Waals surface area contributed by atoms with Crippen LogP contribution in [-0.2, 0) is 5.41 Å². The molecule has 2 heterocycles. The number of aliphatic hydroxyl groups is 1. The summed E-state index contributed by atoms with van der Waals surface area (Å²) in [6, 6.07) is 12.6. The first-order valence-corrected chi connectivity index (χ1v) is 9.73. The molecule has 0 radical (unpaired) electrons. The van der Waals surface area contributed by atoms with Gasteiger partial charge >= 0.3 is 5.97 Å². The highest BCUT2D eigenvalue weighted by Crippen LogP contribution is 2.41. The Bertz CT molecular complexity index is 1230. The molecule has 3 aromatic rings. The highest BCUT2D eigenvalue weighted by Gasteiger charge is 2.35. The van der Waals surface area contributed by atoms with E-state index < -0.39 is 11.4 Å². The van der Waals surface area contributed by atoms with Gasteiger partial charge in [-0.05, 0) is 48.4 Å². The Morgan fingerprint density at radius 2 is 2.16 bits per heavy atom. The van der Waals surface area contributed by atoms with Crippen LogP contribution in [0.2, 0.25) is 0 Å². The molecule has 4 N–H and O–H groups in total. The number of aromatic nitrogens is 2. The molecule has 8 nitrogen and oxygen atoms in total. The summed E-state index contributed by atoms with van der Waals surface area (Å²) in [7, 11) is 0. The van der Waals surface area contributed by atoms with E-state index in [1.807, 2.05) is 13.0 Å². The van der Waals surface area contributed by atoms with E-state index in [2.05, 4.69) is 26.7 Å². The van der Waals surface area contributed by atoms with Gasteiger partial charge in [-0.2, -0.15) is 5.26 Å². The van der Waals surface area contributed by atoms with Crippen molar-refractivity contribution in [2.75, 3.05) is 23.8 Å². The van der Waals surface area contributed by atoms with Crippen molar-refractivity contribution in [3.8, 4) is 17.3 Å². The third kappa shape index (κ3) is 3.56. The normalized spacial score (nSPS) is 16.8. The Morgan fingerprint density at radius 3 is 2.87 bits per heavy atom. The summed E-state index contributed by atoms with van der Waals surface area (Å²) < 4.78 is 0. The lowest BCUT2D eigenvalue weighted by atomic mass is 9.83. The van der Waals surface area contributed by atoms with Crippen LogP contribution in [0.15, 0.2) is 42.6 Å². The minimum Gasteiger partial charge on any atom is -0.478 e. The third-order valence-corrected chi connectivity index (χ3v) is 5.68. The van der Waals surface area contributed by atoms with Gasteiger partial charge in [-0.15, -0.1) is 0 Å². The first-order valence-electron chi connectivity index (χ1n) is 9.73. The van der Waals surface area contributed by atoms with Gasteiger partial charge in [0.2, 0.25) is 5.95 Å². The maximum Gasteiger partial charge on any atom is 0.336 e. The van der Waals surface area contributed by atoms with Crippen molar-refractivity contribution in [1.29, 1.82) is 5.26 Å². The van der Waals surface area contributed by atoms with E-state index >= 15 is 0 Å². The molecule has 0 saturated carbocycles. The molecule has 4 rings (SSSR count). The van der Waals surface area contributed by atoms with Gasteiger partial charge in [-0.3, -0.25) is 0 Å². The van der Waals surface area contributed by atoms with Gasteiger partial charge in [0.15, 0.2) is 0 Å². The highest BCUT2D eigenvalue weighted by atomic mass is 16.4. The molecule has 0 aliphatic carbocycles. The lowest BCUT2D eigenvalue weighted by molar-refractivity contribution is 0.0696. The number of rotatable bonds is 5. The van der Waals surface area contributed by atoms with Gasteiger partial charge in [0, 0.05) is 29.4 Å². The SMILES string of the molecule is Cc1c(Nc2nccc(-c3cc(C#N)c4c(c3)C(C)(CO)CN4)n2)cccc1C(=O)O. The zero-order valence-corrected chi connectivity index (χ0v) is 17.1. The predicted molar refractivity (Wildman–Crippen MR) is 117 cm³/mol. The van der Waals surface area contributed by atoms with Crippen molar-refractivity contribution < 1.29 is 15.0 Å². The van der Waals surface area contributed by atoms with Crippen molar-refractivity contribution >= 4 is 23.3 Å². The summed E-state index contributed by atoms with van der Waals surface area (Å²) >= 11 is 0. The lowest BCUT2D eigenvalue weighted by Crippen LogP contribution is -2.28. The number of aromatic carboxylic acids is 1. The van der Waals surface area contributed by atoms with Crippen molar-refractivity contribution in [2.45, 2.75) is 19.3 Å². The molecule has 0 fully saturated rings. The van der Waals surface area contributed by atoms with E-state index in [0.29, 0.717) is 35.0 Å². The fourth-order valence-electron chi connectivity index (χ4n) is 3.77. The van der Waals surface area contributed by atoms with E-state index in [9.17, 15) is 20.3 Å². The standard InChI is InChI=1S/C23H21N5O3/c1-13-16(21(30)31)4-3-5-18(13)27-22-25-7-6-19(28-22)14-8-15(10-24)20-17(9-14)23(2,12-29)11-26-20/h3-9,26,29H,11-12H2,1-2H3,(H,30,31)(H,25,27,28). The largest absolute Gasteiger partial charge is 0.478 e. The van der Waals surface area contributed by atoms with Crippen LogP contribution in [0.4, 0.5) is 17.3 Å². The number of aliphatic hydroxyl groups excluding tert-OH is 1. The van der Waals surface area contributed by atoms with Gasteiger partial charge < -0.3 is 20.8 Å². The van der Waals surface area contributed by atoms with E-state index in [0.717, 1.165) is 16.8 Å². The molecule has 156 valence electrons. The van der Waals surface area contributed by atoms with Crippen LogP contribution in [-0.4, -0.2) is 39.3 Å². The lowest BCUT2D eigenvalue weighted by Gasteiger charge is -2.21. The fraction of sp³-hybridized carbons (Fsp3) is 0.217. The number of anilines is 3. The summed E-state index contributed by atoms with van der Waals surface area (Å²) in [5.74, 6) is -0.691. The Morgan fingerprint density at radius 1 is 1.35 bits per heavy atom. The highest BCUT2D eigenvalue weighted by molar-refractivity contribution is 5.91. The molecule has 1 aliphatic heterocycles. The second-order valence-corrected chi connectivity index (χ2v) is 7.80. The maximum atomic E-state index is 11.4. The van der Waals surface area contributed by atoms with Crippen molar-refractivity contribution in [1.82, 2.24) is 9.97 Å². The van der Waals surface area contributed by atoms with E-state index in [-0.39, 0.29) is 12.2 Å². The smallest absolute Gasteiger partial charge is 0.336 e. The minimum atomic E-state index is -1.00. The van der Waals surface area contributed by atoms with Crippen molar-refractivity contribution in [3.63, 3.8) is 0 Å². The predicted octanol–water partition coefficient (Wildman–Crippen LogP) is 3.44. The number of carboxylic acids is 1. The number of fused-ring (bicyclic) bond motifs is 1. The molecular formula is C23H21N5O3. The van der Waals surface area contributed by atoms with Gasteiger partial charge in [0.1, 0.15) is 6.07 Å². The van der Waals surface area contributed by atoms with Gasteiger partial charge in [0.25, 0.3) is 0 Å². The Hall–Kier alpha value is -3.96. The van der Waals surface area contributed by atoms with Crippen LogP contribution < -0.4 is 10.6 Å². The monoisotopic (exact) mass is 415 g/mol. The molecular weight excluding hydrogens is 394 g/mol. The second kappa shape index (κ2) is 7.70. The molecule has 31 heavy (non-hydrogen) atoms. The fourth-order valence-corrected chi connectivity index (χ4v) is 3.77. The summed E-state index contributed by atoms with van der Waals surface area (Å²) in [5.41, 5.74) is 4.35. The number of nitrogens with zero attached hydrogens (tertiary/aromatic N) is 3. The summed E-state index contributed by atoms with van der Waals surface area (Å²) in [4.78, 5) is 20.2. The van der Waals surface area contributed by atoms with Crippen LogP contribution in [0.5, 0.6) is 0 Å². The molecule has 1 unspecified atom stereocenters.